The van der Waals surface area contributed by atoms with Crippen molar-refractivity contribution in [3.63, 3.8) is 0 Å². The van der Waals surface area contributed by atoms with E-state index in [0.717, 1.165) is 24.8 Å². The highest BCUT2D eigenvalue weighted by atomic mass is 15.3. The summed E-state index contributed by atoms with van der Waals surface area (Å²) in [5, 5.41) is 11.8. The molecule has 1 aromatic heterocycles. The Balaban J connectivity index is 1.55. The SMILES string of the molecule is c1cnnc(N2CCCC(NCC3CC3)C2)c1. The van der Waals surface area contributed by atoms with Gasteiger partial charge in [-0.2, -0.15) is 5.10 Å². The summed E-state index contributed by atoms with van der Waals surface area (Å²) in [6.45, 7) is 3.39. The molecule has 0 aromatic carbocycles. The van der Waals surface area contributed by atoms with E-state index < -0.39 is 0 Å². The number of anilines is 1. The fraction of sp³-hybridized carbons (Fsp3) is 0.692. The van der Waals surface area contributed by atoms with Gasteiger partial charge in [0.2, 0.25) is 0 Å². The molecule has 2 fully saturated rings. The van der Waals surface area contributed by atoms with Crippen LogP contribution >= 0.6 is 0 Å². The van der Waals surface area contributed by atoms with Crippen molar-refractivity contribution in [2.75, 3.05) is 24.5 Å². The molecule has 1 N–H and O–H groups in total. The van der Waals surface area contributed by atoms with Gasteiger partial charge in [-0.1, -0.05) is 0 Å². The molecule has 17 heavy (non-hydrogen) atoms. The summed E-state index contributed by atoms with van der Waals surface area (Å²) in [5.74, 6) is 1.98. The summed E-state index contributed by atoms with van der Waals surface area (Å²) in [6, 6.07) is 4.64. The molecule has 0 spiro atoms. The third-order valence-electron chi connectivity index (χ3n) is 3.70. The summed E-state index contributed by atoms with van der Waals surface area (Å²) < 4.78 is 0. The maximum Gasteiger partial charge on any atom is 0.151 e. The van der Waals surface area contributed by atoms with Crippen molar-refractivity contribution in [2.24, 2.45) is 5.92 Å². The molecule has 1 aromatic rings. The second-order valence-electron chi connectivity index (χ2n) is 5.22. The highest BCUT2D eigenvalue weighted by Gasteiger charge is 2.25. The van der Waals surface area contributed by atoms with Crippen LogP contribution in [0.4, 0.5) is 5.82 Å². The lowest BCUT2D eigenvalue weighted by Gasteiger charge is -2.33. The topological polar surface area (TPSA) is 41.1 Å². The van der Waals surface area contributed by atoms with Gasteiger partial charge in [0.05, 0.1) is 0 Å². The molecule has 3 rings (SSSR count). The van der Waals surface area contributed by atoms with Crippen LogP contribution in [0, 0.1) is 5.92 Å². The van der Waals surface area contributed by atoms with E-state index in [4.69, 9.17) is 0 Å². The summed E-state index contributed by atoms with van der Waals surface area (Å²) in [5.41, 5.74) is 0. The molecule has 2 aliphatic rings. The van der Waals surface area contributed by atoms with E-state index in [-0.39, 0.29) is 0 Å². The maximum atomic E-state index is 4.19. The van der Waals surface area contributed by atoms with E-state index in [1.54, 1.807) is 6.20 Å². The lowest BCUT2D eigenvalue weighted by Crippen LogP contribution is -2.46. The zero-order chi connectivity index (χ0) is 11.5. The fourth-order valence-electron chi connectivity index (χ4n) is 2.47. The molecule has 0 amide bonds. The van der Waals surface area contributed by atoms with Crippen LogP contribution in [0.3, 0.4) is 0 Å². The zero-order valence-electron chi connectivity index (χ0n) is 10.2. The smallest absolute Gasteiger partial charge is 0.151 e. The number of hydrogen-bond donors (Lipinski definition) is 1. The number of rotatable bonds is 4. The summed E-state index contributed by atoms with van der Waals surface area (Å²) in [6.07, 6.45) is 7.12. The van der Waals surface area contributed by atoms with Crippen LogP contribution in [0.15, 0.2) is 18.3 Å². The molecule has 1 saturated heterocycles. The minimum atomic E-state index is 0.631. The highest BCUT2D eigenvalue weighted by molar-refractivity contribution is 5.37. The van der Waals surface area contributed by atoms with Crippen LogP contribution in [-0.4, -0.2) is 35.9 Å². The van der Waals surface area contributed by atoms with Gasteiger partial charge in [0.25, 0.3) is 0 Å². The molecular formula is C13H20N4. The third-order valence-corrected chi connectivity index (χ3v) is 3.70. The van der Waals surface area contributed by atoms with E-state index in [0.29, 0.717) is 6.04 Å². The average molecular weight is 232 g/mol. The normalized spacial score (nSPS) is 24.9. The second kappa shape index (κ2) is 5.00. The molecule has 1 atom stereocenters. The van der Waals surface area contributed by atoms with Crippen molar-refractivity contribution in [3.8, 4) is 0 Å². The maximum absolute atomic E-state index is 4.19. The minimum absolute atomic E-state index is 0.631. The van der Waals surface area contributed by atoms with Crippen LogP contribution in [0.5, 0.6) is 0 Å². The van der Waals surface area contributed by atoms with E-state index >= 15 is 0 Å². The van der Waals surface area contributed by atoms with Crippen molar-refractivity contribution in [2.45, 2.75) is 31.7 Å². The Bertz CT molecular complexity index is 350. The molecule has 1 unspecified atom stereocenters. The van der Waals surface area contributed by atoms with Crippen molar-refractivity contribution >= 4 is 5.82 Å². The molecule has 1 aliphatic heterocycles. The molecule has 4 heteroatoms. The van der Waals surface area contributed by atoms with E-state index in [9.17, 15) is 0 Å². The van der Waals surface area contributed by atoms with Crippen molar-refractivity contribution in [1.82, 2.24) is 15.5 Å². The Hall–Kier alpha value is -1.16. The fourth-order valence-corrected chi connectivity index (χ4v) is 2.47. The first-order chi connectivity index (χ1) is 8.42. The molecule has 4 nitrogen and oxygen atoms in total. The minimum Gasteiger partial charge on any atom is -0.354 e. The number of hydrogen-bond acceptors (Lipinski definition) is 4. The van der Waals surface area contributed by atoms with Crippen molar-refractivity contribution < 1.29 is 0 Å². The zero-order valence-corrected chi connectivity index (χ0v) is 10.2. The average Bonchev–Trinajstić information content (AvgIpc) is 3.22. The first-order valence-electron chi connectivity index (χ1n) is 6.68. The number of nitrogens with zero attached hydrogens (tertiary/aromatic N) is 3. The number of nitrogens with one attached hydrogen (secondary N) is 1. The third kappa shape index (κ3) is 2.94. The van der Waals surface area contributed by atoms with Gasteiger partial charge in [-0.05, 0) is 50.3 Å². The summed E-state index contributed by atoms with van der Waals surface area (Å²) in [7, 11) is 0. The van der Waals surface area contributed by atoms with Crippen LogP contribution in [0.25, 0.3) is 0 Å². The Morgan fingerprint density at radius 2 is 2.29 bits per heavy atom. The van der Waals surface area contributed by atoms with Gasteiger partial charge >= 0.3 is 0 Å². The van der Waals surface area contributed by atoms with Crippen LogP contribution in [0.2, 0.25) is 0 Å². The molecule has 0 radical (unpaired) electrons. The summed E-state index contributed by atoms with van der Waals surface area (Å²) >= 11 is 0. The van der Waals surface area contributed by atoms with Gasteiger partial charge in [0.1, 0.15) is 0 Å². The molecular weight excluding hydrogens is 212 g/mol. The molecule has 1 saturated carbocycles. The van der Waals surface area contributed by atoms with Gasteiger partial charge in [0.15, 0.2) is 5.82 Å². The first-order valence-corrected chi connectivity index (χ1v) is 6.68. The van der Waals surface area contributed by atoms with Gasteiger partial charge in [-0.3, -0.25) is 0 Å². The Morgan fingerprint density at radius 1 is 1.35 bits per heavy atom. The highest BCUT2D eigenvalue weighted by Crippen LogP contribution is 2.28. The van der Waals surface area contributed by atoms with Gasteiger partial charge in [-0.15, -0.1) is 5.10 Å². The Kier molecular flexibility index (Phi) is 3.22. The van der Waals surface area contributed by atoms with Gasteiger partial charge in [-0.25, -0.2) is 0 Å². The van der Waals surface area contributed by atoms with E-state index in [2.05, 4.69) is 26.5 Å². The standard InChI is InChI=1S/C13H20N4/c1-4-13(16-15-7-1)17-8-2-3-12(10-17)14-9-11-5-6-11/h1,4,7,11-12,14H,2-3,5-6,8-10H2. The van der Waals surface area contributed by atoms with E-state index in [1.807, 2.05) is 6.07 Å². The van der Waals surface area contributed by atoms with Crippen LogP contribution in [0.1, 0.15) is 25.7 Å². The van der Waals surface area contributed by atoms with E-state index in [1.165, 1.54) is 32.2 Å². The Labute approximate surface area is 102 Å². The quantitative estimate of drug-likeness (QED) is 0.853. The van der Waals surface area contributed by atoms with Crippen LogP contribution < -0.4 is 10.2 Å². The van der Waals surface area contributed by atoms with Crippen molar-refractivity contribution in [3.05, 3.63) is 18.3 Å². The lowest BCUT2D eigenvalue weighted by atomic mass is 10.1. The van der Waals surface area contributed by atoms with Crippen LogP contribution in [-0.2, 0) is 0 Å². The molecule has 1 aliphatic carbocycles. The van der Waals surface area contributed by atoms with Crippen molar-refractivity contribution in [1.29, 1.82) is 0 Å². The molecule has 92 valence electrons. The first kappa shape index (κ1) is 11.0. The number of piperidine rings is 1. The Morgan fingerprint density at radius 3 is 3.06 bits per heavy atom. The predicted octanol–water partition coefficient (Wildman–Crippen LogP) is 1.44. The predicted molar refractivity (Wildman–Crippen MR) is 68.0 cm³/mol. The molecule has 2 heterocycles. The lowest BCUT2D eigenvalue weighted by molar-refractivity contribution is 0.414. The van der Waals surface area contributed by atoms with Gasteiger partial charge in [0, 0.05) is 25.3 Å². The largest absolute Gasteiger partial charge is 0.354 e. The second-order valence-corrected chi connectivity index (χ2v) is 5.22. The monoisotopic (exact) mass is 232 g/mol. The summed E-state index contributed by atoms with van der Waals surface area (Å²) in [4.78, 5) is 2.35. The molecule has 0 bridgehead atoms. The number of aromatic nitrogens is 2. The van der Waals surface area contributed by atoms with Gasteiger partial charge < -0.3 is 10.2 Å².